The van der Waals surface area contributed by atoms with Crippen molar-refractivity contribution in [3.05, 3.63) is 24.0 Å². The normalized spacial score (nSPS) is 11.8. The van der Waals surface area contributed by atoms with Crippen LogP contribution < -0.4 is 15.4 Å². The number of methoxy groups -OCH3 is 1. The number of amides is 2. The number of anilines is 1. The van der Waals surface area contributed by atoms with Crippen LogP contribution in [-0.4, -0.2) is 30.9 Å². The van der Waals surface area contributed by atoms with E-state index in [-0.39, 0.29) is 18.4 Å². The number of ether oxygens (including phenoxy) is 1. The second kappa shape index (κ2) is 6.80. The first-order valence-electron chi connectivity index (χ1n) is 5.58. The molecule has 100 valence electrons. The van der Waals surface area contributed by atoms with Crippen LogP contribution >= 0.6 is 0 Å². The highest BCUT2D eigenvalue weighted by Crippen LogP contribution is 2.20. The van der Waals surface area contributed by atoms with Crippen molar-refractivity contribution in [1.29, 1.82) is 0 Å². The van der Waals surface area contributed by atoms with Crippen molar-refractivity contribution >= 4 is 11.7 Å². The van der Waals surface area contributed by atoms with Gasteiger partial charge in [-0.1, -0.05) is 0 Å². The molecule has 18 heavy (non-hydrogen) atoms. The lowest BCUT2D eigenvalue weighted by molar-refractivity contribution is 0.241. The van der Waals surface area contributed by atoms with Gasteiger partial charge >= 0.3 is 6.03 Å². The van der Waals surface area contributed by atoms with E-state index in [1.807, 2.05) is 0 Å². The second-order valence-corrected chi connectivity index (χ2v) is 3.86. The van der Waals surface area contributed by atoms with E-state index >= 15 is 0 Å². The van der Waals surface area contributed by atoms with Crippen molar-refractivity contribution in [2.45, 2.75) is 19.4 Å². The van der Waals surface area contributed by atoms with Gasteiger partial charge in [0.1, 0.15) is 0 Å². The monoisotopic (exact) mass is 256 g/mol. The molecule has 3 N–H and O–H groups in total. The summed E-state index contributed by atoms with van der Waals surface area (Å²) >= 11 is 0. The van der Waals surface area contributed by atoms with Crippen molar-refractivity contribution in [3.63, 3.8) is 0 Å². The minimum absolute atomic E-state index is 0.00138. The van der Waals surface area contributed by atoms with Gasteiger partial charge in [-0.2, -0.15) is 0 Å². The van der Waals surface area contributed by atoms with Crippen LogP contribution in [0.3, 0.4) is 0 Å². The zero-order chi connectivity index (χ0) is 13.5. The predicted molar refractivity (Wildman–Crippen MR) is 66.3 cm³/mol. The number of hydrogen-bond donors (Lipinski definition) is 3. The summed E-state index contributed by atoms with van der Waals surface area (Å²) in [5, 5.41) is 13.8. The van der Waals surface area contributed by atoms with Crippen molar-refractivity contribution in [2.75, 3.05) is 19.0 Å². The van der Waals surface area contributed by atoms with E-state index in [4.69, 9.17) is 9.84 Å². The highest BCUT2D eigenvalue weighted by atomic mass is 19.1. The third kappa shape index (κ3) is 4.21. The molecule has 1 aromatic rings. The van der Waals surface area contributed by atoms with Gasteiger partial charge in [0.25, 0.3) is 0 Å². The summed E-state index contributed by atoms with van der Waals surface area (Å²) in [6.07, 6.45) is 0.463. The van der Waals surface area contributed by atoms with Crippen molar-refractivity contribution < 1.29 is 19.0 Å². The molecule has 0 heterocycles. The molecule has 0 spiro atoms. The van der Waals surface area contributed by atoms with Crippen LogP contribution in [0.25, 0.3) is 0 Å². The summed E-state index contributed by atoms with van der Waals surface area (Å²) in [4.78, 5) is 11.5. The molecule has 0 radical (unpaired) electrons. The lowest BCUT2D eigenvalue weighted by Gasteiger charge is -2.13. The standard InChI is InChI=1S/C12H17FN2O3/c1-8(5-6-16)14-12(17)15-9-3-4-11(18-2)10(13)7-9/h3-4,7-8,16H,5-6H2,1-2H3,(H2,14,15,17)/t8-/m1/s1. The molecule has 5 nitrogen and oxygen atoms in total. The lowest BCUT2D eigenvalue weighted by Crippen LogP contribution is -2.36. The van der Waals surface area contributed by atoms with Crippen LogP contribution in [0.4, 0.5) is 14.9 Å². The Morgan fingerprint density at radius 2 is 2.28 bits per heavy atom. The second-order valence-electron chi connectivity index (χ2n) is 3.86. The Bertz CT molecular complexity index is 412. The Hall–Kier alpha value is -1.82. The maximum atomic E-state index is 13.4. The summed E-state index contributed by atoms with van der Waals surface area (Å²) in [5.41, 5.74) is 0.335. The first kappa shape index (κ1) is 14.2. The van der Waals surface area contributed by atoms with Gasteiger partial charge in [-0.3, -0.25) is 0 Å². The summed E-state index contributed by atoms with van der Waals surface area (Å²) < 4.78 is 18.1. The van der Waals surface area contributed by atoms with Crippen LogP contribution in [0.5, 0.6) is 5.75 Å². The number of carbonyl (C=O) groups is 1. The van der Waals surface area contributed by atoms with Crippen LogP contribution in [0, 0.1) is 5.82 Å². The summed E-state index contributed by atoms with van der Waals surface area (Å²) in [6, 6.07) is 3.55. The van der Waals surface area contributed by atoms with E-state index in [9.17, 15) is 9.18 Å². The van der Waals surface area contributed by atoms with Gasteiger partial charge in [0.2, 0.25) is 0 Å². The number of urea groups is 1. The smallest absolute Gasteiger partial charge is 0.319 e. The molecule has 0 bridgehead atoms. The molecule has 0 aromatic heterocycles. The molecule has 0 fully saturated rings. The molecule has 2 amide bonds. The molecule has 0 unspecified atom stereocenters. The Morgan fingerprint density at radius 1 is 1.56 bits per heavy atom. The average molecular weight is 256 g/mol. The zero-order valence-electron chi connectivity index (χ0n) is 10.4. The van der Waals surface area contributed by atoms with Crippen molar-refractivity contribution in [1.82, 2.24) is 5.32 Å². The average Bonchev–Trinajstić information content (AvgIpc) is 2.29. The zero-order valence-corrected chi connectivity index (χ0v) is 10.4. The number of aliphatic hydroxyl groups is 1. The maximum Gasteiger partial charge on any atom is 0.319 e. The fraction of sp³-hybridized carbons (Fsp3) is 0.417. The number of rotatable bonds is 5. The SMILES string of the molecule is COc1ccc(NC(=O)N[C@H](C)CCO)cc1F. The number of aliphatic hydroxyl groups excluding tert-OH is 1. The van der Waals surface area contributed by atoms with Crippen LogP contribution in [0.15, 0.2) is 18.2 Å². The Morgan fingerprint density at radius 3 is 2.83 bits per heavy atom. The van der Waals surface area contributed by atoms with E-state index in [2.05, 4.69) is 10.6 Å². The maximum absolute atomic E-state index is 13.4. The van der Waals surface area contributed by atoms with E-state index in [1.165, 1.54) is 25.3 Å². The van der Waals surface area contributed by atoms with E-state index < -0.39 is 11.8 Å². The fourth-order valence-corrected chi connectivity index (χ4v) is 1.40. The van der Waals surface area contributed by atoms with Gasteiger partial charge in [0.15, 0.2) is 11.6 Å². The number of nitrogens with one attached hydrogen (secondary N) is 2. The number of carbonyl (C=O) groups excluding carboxylic acids is 1. The van der Waals surface area contributed by atoms with Crippen LogP contribution in [0.2, 0.25) is 0 Å². The van der Waals surface area contributed by atoms with E-state index in [1.54, 1.807) is 6.92 Å². The van der Waals surface area contributed by atoms with Gasteiger partial charge in [-0.25, -0.2) is 9.18 Å². The van der Waals surface area contributed by atoms with Crippen molar-refractivity contribution in [3.8, 4) is 5.75 Å². The highest BCUT2D eigenvalue weighted by Gasteiger charge is 2.08. The van der Waals surface area contributed by atoms with Crippen molar-refractivity contribution in [2.24, 2.45) is 0 Å². The first-order chi connectivity index (χ1) is 8.56. The largest absolute Gasteiger partial charge is 0.494 e. The highest BCUT2D eigenvalue weighted by molar-refractivity contribution is 5.89. The molecule has 0 saturated carbocycles. The summed E-state index contributed by atoms with van der Waals surface area (Å²) in [6.45, 7) is 1.77. The van der Waals surface area contributed by atoms with Gasteiger partial charge < -0.3 is 20.5 Å². The van der Waals surface area contributed by atoms with Gasteiger partial charge in [0.05, 0.1) is 7.11 Å². The first-order valence-corrected chi connectivity index (χ1v) is 5.58. The number of halogens is 1. The molecule has 0 aliphatic heterocycles. The summed E-state index contributed by atoms with van der Waals surface area (Å²) in [5.74, 6) is -0.423. The molecule has 0 saturated heterocycles. The molecule has 1 atom stereocenters. The topological polar surface area (TPSA) is 70.6 Å². The Balaban J connectivity index is 2.57. The van der Waals surface area contributed by atoms with Crippen LogP contribution in [-0.2, 0) is 0 Å². The summed E-state index contributed by atoms with van der Waals surface area (Å²) in [7, 11) is 1.37. The predicted octanol–water partition coefficient (Wildman–Crippen LogP) is 1.73. The number of benzene rings is 1. The number of hydrogen-bond acceptors (Lipinski definition) is 3. The minimum atomic E-state index is -0.543. The molecular weight excluding hydrogens is 239 g/mol. The molecule has 6 heteroatoms. The van der Waals surface area contributed by atoms with E-state index in [0.717, 1.165) is 0 Å². The lowest BCUT2D eigenvalue weighted by atomic mass is 10.2. The molecule has 1 rings (SSSR count). The molecule has 0 aliphatic carbocycles. The molecular formula is C12H17FN2O3. The fourth-order valence-electron chi connectivity index (χ4n) is 1.40. The van der Waals surface area contributed by atoms with Gasteiger partial charge in [-0.15, -0.1) is 0 Å². The van der Waals surface area contributed by atoms with E-state index in [0.29, 0.717) is 12.1 Å². The third-order valence-corrected chi connectivity index (χ3v) is 2.35. The quantitative estimate of drug-likeness (QED) is 0.751. The Labute approximate surface area is 105 Å². The minimum Gasteiger partial charge on any atom is -0.494 e. The van der Waals surface area contributed by atoms with Crippen LogP contribution in [0.1, 0.15) is 13.3 Å². The molecule has 1 aromatic carbocycles. The Kier molecular flexibility index (Phi) is 5.38. The van der Waals surface area contributed by atoms with Gasteiger partial charge in [0, 0.05) is 24.4 Å². The third-order valence-electron chi connectivity index (χ3n) is 2.35. The molecule has 0 aliphatic rings. The van der Waals surface area contributed by atoms with Gasteiger partial charge in [-0.05, 0) is 25.5 Å².